The van der Waals surface area contributed by atoms with Crippen molar-refractivity contribution in [2.24, 2.45) is 10.9 Å². The van der Waals surface area contributed by atoms with Crippen LogP contribution in [0, 0.1) is 0 Å². The van der Waals surface area contributed by atoms with E-state index in [9.17, 15) is 4.79 Å². The Labute approximate surface area is 126 Å². The van der Waals surface area contributed by atoms with Crippen LogP contribution in [0.1, 0.15) is 34.6 Å². The number of carbonyl (C=O) groups excluding carboxylic acids is 1. The Morgan fingerprint density at radius 2 is 1.71 bits per heavy atom. The summed E-state index contributed by atoms with van der Waals surface area (Å²) in [6.45, 7) is 12.3. The van der Waals surface area contributed by atoms with E-state index in [1.165, 1.54) is 0 Å². The fourth-order valence-electron chi connectivity index (χ4n) is 2.17. The molecular formula is C14H28N4O3. The molecule has 1 aliphatic heterocycles. The summed E-state index contributed by atoms with van der Waals surface area (Å²) in [7, 11) is 0. The molecule has 1 aliphatic rings. The molecule has 0 aromatic heterocycles. The SMILES string of the molecule is CC(C)(C)OCC(=O)N1CCN(C(C)(C)C(N)=NO)CC1. The fraction of sp³-hybridized carbons (Fsp3) is 0.857. The number of nitrogens with two attached hydrogens (primary N) is 1. The van der Waals surface area contributed by atoms with Gasteiger partial charge in [0.25, 0.3) is 0 Å². The second-order valence-corrected chi connectivity index (χ2v) is 6.81. The third-order valence-electron chi connectivity index (χ3n) is 3.79. The van der Waals surface area contributed by atoms with Gasteiger partial charge in [0, 0.05) is 26.2 Å². The molecule has 1 saturated heterocycles. The summed E-state index contributed by atoms with van der Waals surface area (Å²) in [6.07, 6.45) is 0. The van der Waals surface area contributed by atoms with Crippen molar-refractivity contribution in [3.05, 3.63) is 0 Å². The van der Waals surface area contributed by atoms with Gasteiger partial charge in [0.1, 0.15) is 6.61 Å². The van der Waals surface area contributed by atoms with Crippen LogP contribution in [0.5, 0.6) is 0 Å². The van der Waals surface area contributed by atoms with Gasteiger partial charge in [-0.1, -0.05) is 5.16 Å². The molecule has 0 atom stereocenters. The lowest BCUT2D eigenvalue weighted by Gasteiger charge is -2.43. The minimum atomic E-state index is -0.522. The maximum absolute atomic E-state index is 12.1. The van der Waals surface area contributed by atoms with Crippen molar-refractivity contribution in [1.82, 2.24) is 9.80 Å². The van der Waals surface area contributed by atoms with E-state index in [1.54, 1.807) is 4.90 Å². The molecular weight excluding hydrogens is 272 g/mol. The van der Waals surface area contributed by atoms with Crippen molar-refractivity contribution in [2.45, 2.75) is 45.8 Å². The van der Waals surface area contributed by atoms with Gasteiger partial charge < -0.3 is 20.6 Å². The third-order valence-corrected chi connectivity index (χ3v) is 3.79. The summed E-state index contributed by atoms with van der Waals surface area (Å²) in [6, 6.07) is 0. The molecule has 1 heterocycles. The van der Waals surface area contributed by atoms with E-state index in [2.05, 4.69) is 10.1 Å². The van der Waals surface area contributed by atoms with Crippen molar-refractivity contribution < 1.29 is 14.7 Å². The van der Waals surface area contributed by atoms with E-state index in [0.29, 0.717) is 26.2 Å². The van der Waals surface area contributed by atoms with Gasteiger partial charge in [-0.2, -0.15) is 0 Å². The quantitative estimate of drug-likeness (QED) is 0.341. The van der Waals surface area contributed by atoms with Crippen LogP contribution in [0.3, 0.4) is 0 Å². The van der Waals surface area contributed by atoms with E-state index in [4.69, 9.17) is 15.7 Å². The lowest BCUT2D eigenvalue weighted by atomic mass is 10.0. The van der Waals surface area contributed by atoms with Crippen LogP contribution in [0.2, 0.25) is 0 Å². The number of nitrogens with zero attached hydrogens (tertiary/aromatic N) is 3. The maximum atomic E-state index is 12.1. The Hall–Kier alpha value is -1.34. The van der Waals surface area contributed by atoms with Crippen LogP contribution in [0.4, 0.5) is 0 Å². The number of hydrogen-bond acceptors (Lipinski definition) is 5. The summed E-state index contributed by atoms with van der Waals surface area (Å²) < 4.78 is 5.52. The van der Waals surface area contributed by atoms with Gasteiger partial charge in [-0.3, -0.25) is 9.69 Å². The zero-order chi connectivity index (χ0) is 16.3. The molecule has 3 N–H and O–H groups in total. The predicted molar refractivity (Wildman–Crippen MR) is 81.3 cm³/mol. The van der Waals surface area contributed by atoms with Crippen LogP contribution < -0.4 is 5.73 Å². The zero-order valence-corrected chi connectivity index (χ0v) is 13.7. The minimum absolute atomic E-state index is 0.00572. The van der Waals surface area contributed by atoms with Gasteiger partial charge in [-0.15, -0.1) is 0 Å². The van der Waals surface area contributed by atoms with Crippen molar-refractivity contribution in [3.63, 3.8) is 0 Å². The largest absolute Gasteiger partial charge is 0.409 e. The van der Waals surface area contributed by atoms with Crippen molar-refractivity contribution in [1.29, 1.82) is 0 Å². The van der Waals surface area contributed by atoms with Gasteiger partial charge in [0.15, 0.2) is 5.84 Å². The standard InChI is InChI=1S/C14H28N4O3/c1-13(2,3)21-10-11(19)17-6-8-18(9-7-17)14(4,5)12(15)16-20/h20H,6-10H2,1-5H3,(H2,15,16). The van der Waals surface area contributed by atoms with Crippen LogP contribution >= 0.6 is 0 Å². The normalized spacial score (nSPS) is 18.9. The summed E-state index contributed by atoms with van der Waals surface area (Å²) in [5.41, 5.74) is 4.89. The Kier molecular flexibility index (Phi) is 5.58. The topological polar surface area (TPSA) is 91.4 Å². The number of amidine groups is 1. The molecule has 0 spiro atoms. The van der Waals surface area contributed by atoms with Gasteiger partial charge in [-0.25, -0.2) is 0 Å². The zero-order valence-electron chi connectivity index (χ0n) is 13.7. The maximum Gasteiger partial charge on any atom is 0.248 e. The second-order valence-electron chi connectivity index (χ2n) is 6.81. The van der Waals surface area contributed by atoms with Crippen molar-refractivity contribution in [3.8, 4) is 0 Å². The Morgan fingerprint density at radius 3 is 2.14 bits per heavy atom. The number of piperazine rings is 1. The first kappa shape index (κ1) is 17.7. The van der Waals surface area contributed by atoms with E-state index >= 15 is 0 Å². The highest BCUT2D eigenvalue weighted by Crippen LogP contribution is 2.17. The van der Waals surface area contributed by atoms with Crippen molar-refractivity contribution >= 4 is 11.7 Å². The summed E-state index contributed by atoms with van der Waals surface area (Å²) in [5.74, 6) is 0.185. The number of rotatable bonds is 4. The van der Waals surface area contributed by atoms with Gasteiger partial charge >= 0.3 is 0 Å². The number of amides is 1. The monoisotopic (exact) mass is 300 g/mol. The number of ether oxygens (including phenoxy) is 1. The van der Waals surface area contributed by atoms with E-state index in [1.807, 2.05) is 34.6 Å². The highest BCUT2D eigenvalue weighted by atomic mass is 16.5. The van der Waals surface area contributed by atoms with Crippen LogP contribution in [-0.2, 0) is 9.53 Å². The molecule has 7 nitrogen and oxygen atoms in total. The summed E-state index contributed by atoms with van der Waals surface area (Å²) >= 11 is 0. The predicted octanol–water partition coefficient (Wildman–Crippen LogP) is 0.471. The molecule has 1 amide bonds. The molecule has 0 aromatic carbocycles. The average molecular weight is 300 g/mol. The lowest BCUT2D eigenvalue weighted by Crippen LogP contribution is -2.60. The Bertz CT molecular complexity index is 394. The molecule has 1 rings (SSSR count). The highest BCUT2D eigenvalue weighted by molar-refractivity contribution is 5.88. The van der Waals surface area contributed by atoms with Crippen LogP contribution in [0.25, 0.3) is 0 Å². The summed E-state index contributed by atoms with van der Waals surface area (Å²) in [5, 5.41) is 11.9. The van der Waals surface area contributed by atoms with E-state index in [0.717, 1.165) is 0 Å². The first-order valence-corrected chi connectivity index (χ1v) is 7.22. The molecule has 7 heteroatoms. The number of hydrogen-bond donors (Lipinski definition) is 2. The van der Waals surface area contributed by atoms with Gasteiger partial charge in [-0.05, 0) is 34.6 Å². The number of oxime groups is 1. The molecule has 21 heavy (non-hydrogen) atoms. The molecule has 0 aliphatic carbocycles. The number of carbonyl (C=O) groups is 1. The molecule has 122 valence electrons. The molecule has 0 saturated carbocycles. The summed E-state index contributed by atoms with van der Waals surface area (Å²) in [4.78, 5) is 16.0. The smallest absolute Gasteiger partial charge is 0.248 e. The molecule has 0 bridgehead atoms. The molecule has 0 aromatic rings. The average Bonchev–Trinajstić information content (AvgIpc) is 2.43. The van der Waals surface area contributed by atoms with Crippen LogP contribution in [-0.4, -0.2) is 70.7 Å². The second kappa shape index (κ2) is 6.62. The third kappa shape index (κ3) is 4.86. The van der Waals surface area contributed by atoms with E-state index < -0.39 is 5.54 Å². The fourth-order valence-corrected chi connectivity index (χ4v) is 2.17. The highest BCUT2D eigenvalue weighted by Gasteiger charge is 2.34. The Balaban J connectivity index is 2.51. The van der Waals surface area contributed by atoms with Gasteiger partial charge in [0.2, 0.25) is 5.91 Å². The van der Waals surface area contributed by atoms with Crippen LogP contribution in [0.15, 0.2) is 5.16 Å². The van der Waals surface area contributed by atoms with Gasteiger partial charge in [0.05, 0.1) is 11.1 Å². The molecule has 0 unspecified atom stereocenters. The lowest BCUT2D eigenvalue weighted by molar-refractivity contribution is -0.143. The molecule has 1 fully saturated rings. The first-order chi connectivity index (χ1) is 9.58. The molecule has 0 radical (unpaired) electrons. The van der Waals surface area contributed by atoms with E-state index in [-0.39, 0.29) is 24.0 Å². The van der Waals surface area contributed by atoms with Crippen molar-refractivity contribution in [2.75, 3.05) is 32.8 Å². The Morgan fingerprint density at radius 1 is 1.19 bits per heavy atom. The minimum Gasteiger partial charge on any atom is -0.409 e. The first-order valence-electron chi connectivity index (χ1n) is 7.22.